The smallest absolute Gasteiger partial charge is 0.224 e. The van der Waals surface area contributed by atoms with Crippen LogP contribution in [-0.2, 0) is 14.4 Å². The molecule has 0 atom stereocenters. The molecule has 0 saturated heterocycles. The summed E-state index contributed by atoms with van der Waals surface area (Å²) in [6.45, 7) is 1.47. The Labute approximate surface area is 57.7 Å². The van der Waals surface area contributed by atoms with Crippen LogP contribution in [0.3, 0.4) is 0 Å². The average molecular weight is 138 g/mol. The van der Waals surface area contributed by atoms with Crippen molar-refractivity contribution < 1.29 is 14.4 Å². The van der Waals surface area contributed by atoms with Crippen LogP contribution in [0.25, 0.3) is 0 Å². The molecule has 0 amide bonds. The molecule has 0 radical (unpaired) electrons. The molecule has 3 heteroatoms. The van der Waals surface area contributed by atoms with Crippen LogP contribution >= 0.6 is 0 Å². The van der Waals surface area contributed by atoms with Crippen LogP contribution in [0.4, 0.5) is 0 Å². The number of ketones is 3. The van der Waals surface area contributed by atoms with E-state index in [1.165, 1.54) is 13.0 Å². The first-order valence-electron chi connectivity index (χ1n) is 2.90. The second-order valence-corrected chi connectivity index (χ2v) is 2.22. The zero-order valence-electron chi connectivity index (χ0n) is 5.51. The minimum atomic E-state index is -0.593. The summed E-state index contributed by atoms with van der Waals surface area (Å²) in [7, 11) is 0. The van der Waals surface area contributed by atoms with Gasteiger partial charge >= 0.3 is 0 Å². The van der Waals surface area contributed by atoms with E-state index in [1.54, 1.807) is 0 Å². The molecule has 0 spiro atoms. The van der Waals surface area contributed by atoms with E-state index in [0.29, 0.717) is 0 Å². The Morgan fingerprint density at radius 3 is 2.40 bits per heavy atom. The molecule has 0 heterocycles. The van der Waals surface area contributed by atoms with Gasteiger partial charge in [-0.25, -0.2) is 0 Å². The van der Waals surface area contributed by atoms with Crippen LogP contribution in [0.5, 0.6) is 0 Å². The standard InChI is InChI=1S/C7H6O3/c1-4-2-5(8)3-6(9)7(4)10/h2H,3H2,1H3. The van der Waals surface area contributed by atoms with Crippen molar-refractivity contribution in [2.75, 3.05) is 0 Å². The summed E-state index contributed by atoms with van der Waals surface area (Å²) < 4.78 is 0. The third-order valence-electron chi connectivity index (χ3n) is 1.32. The molecule has 10 heavy (non-hydrogen) atoms. The van der Waals surface area contributed by atoms with Gasteiger partial charge in [-0.3, -0.25) is 14.4 Å². The Morgan fingerprint density at radius 2 is 1.90 bits per heavy atom. The van der Waals surface area contributed by atoms with E-state index < -0.39 is 11.6 Å². The Kier molecular flexibility index (Phi) is 1.49. The van der Waals surface area contributed by atoms with Gasteiger partial charge in [0.05, 0.1) is 6.42 Å². The van der Waals surface area contributed by atoms with Gasteiger partial charge in [-0.05, 0) is 13.0 Å². The molecule has 1 aliphatic rings. The van der Waals surface area contributed by atoms with Gasteiger partial charge in [-0.2, -0.15) is 0 Å². The van der Waals surface area contributed by atoms with E-state index in [-0.39, 0.29) is 17.8 Å². The highest BCUT2D eigenvalue weighted by Gasteiger charge is 2.23. The first-order chi connectivity index (χ1) is 4.61. The lowest BCUT2D eigenvalue weighted by Crippen LogP contribution is -2.23. The van der Waals surface area contributed by atoms with Crippen LogP contribution in [0, 0.1) is 0 Å². The molecule has 0 fully saturated rings. The molecule has 1 rings (SSSR count). The lowest BCUT2D eigenvalue weighted by molar-refractivity contribution is -0.137. The highest BCUT2D eigenvalue weighted by molar-refractivity contribution is 6.48. The zero-order valence-corrected chi connectivity index (χ0v) is 5.51. The minimum absolute atomic E-state index is 0.251. The van der Waals surface area contributed by atoms with Gasteiger partial charge in [0.15, 0.2) is 5.78 Å². The molecule has 0 aromatic heterocycles. The molecule has 52 valence electrons. The number of Topliss-reactive ketones (excluding diaryl/α,β-unsaturated/α-hetero) is 2. The Morgan fingerprint density at radius 1 is 1.30 bits per heavy atom. The van der Waals surface area contributed by atoms with Gasteiger partial charge in [-0.1, -0.05) is 0 Å². The fourth-order valence-electron chi connectivity index (χ4n) is 0.816. The fourth-order valence-corrected chi connectivity index (χ4v) is 0.816. The quantitative estimate of drug-likeness (QED) is 0.351. The van der Waals surface area contributed by atoms with Crippen molar-refractivity contribution in [3.8, 4) is 0 Å². The summed E-state index contributed by atoms with van der Waals surface area (Å²) in [5.41, 5.74) is 0.251. The molecular weight excluding hydrogens is 132 g/mol. The second kappa shape index (κ2) is 2.17. The van der Waals surface area contributed by atoms with Crippen LogP contribution < -0.4 is 0 Å². The summed E-state index contributed by atoms with van der Waals surface area (Å²) in [5.74, 6) is -1.40. The van der Waals surface area contributed by atoms with E-state index in [4.69, 9.17) is 0 Å². The molecule has 0 aliphatic heterocycles. The number of hydrogen-bond acceptors (Lipinski definition) is 3. The summed E-state index contributed by atoms with van der Waals surface area (Å²) in [6.07, 6.45) is 0.958. The first-order valence-corrected chi connectivity index (χ1v) is 2.90. The van der Waals surface area contributed by atoms with Crippen LogP contribution in [-0.4, -0.2) is 17.3 Å². The minimum Gasteiger partial charge on any atom is -0.294 e. The SMILES string of the molecule is CC1=CC(=O)CC(=O)C1=O. The third kappa shape index (κ3) is 1.03. The topological polar surface area (TPSA) is 51.2 Å². The van der Waals surface area contributed by atoms with E-state index in [0.717, 1.165) is 0 Å². The Hall–Kier alpha value is -1.25. The summed E-state index contributed by atoms with van der Waals surface area (Å²) in [4.78, 5) is 31.9. The van der Waals surface area contributed by atoms with E-state index >= 15 is 0 Å². The average Bonchev–Trinajstić information content (AvgIpc) is 1.82. The van der Waals surface area contributed by atoms with Gasteiger partial charge in [0, 0.05) is 5.57 Å². The molecule has 3 nitrogen and oxygen atoms in total. The molecule has 0 N–H and O–H groups in total. The molecule has 0 saturated carbocycles. The van der Waals surface area contributed by atoms with Gasteiger partial charge in [-0.15, -0.1) is 0 Å². The number of carbonyl (C=O) groups excluding carboxylic acids is 3. The van der Waals surface area contributed by atoms with Crippen molar-refractivity contribution in [3.05, 3.63) is 11.6 Å². The maximum atomic E-state index is 10.7. The Balaban J connectivity index is 3.03. The van der Waals surface area contributed by atoms with Crippen molar-refractivity contribution >= 4 is 17.3 Å². The van der Waals surface area contributed by atoms with Crippen LogP contribution in [0.2, 0.25) is 0 Å². The highest BCUT2D eigenvalue weighted by atomic mass is 16.2. The van der Waals surface area contributed by atoms with Gasteiger partial charge in [0.25, 0.3) is 0 Å². The predicted octanol–water partition coefficient (Wildman–Crippen LogP) is 0.0437. The third-order valence-corrected chi connectivity index (χ3v) is 1.32. The first kappa shape index (κ1) is 6.86. The lowest BCUT2D eigenvalue weighted by Gasteiger charge is -2.03. The molecule has 0 unspecified atom stereocenters. The molecule has 0 bridgehead atoms. The van der Waals surface area contributed by atoms with E-state index in [9.17, 15) is 14.4 Å². The largest absolute Gasteiger partial charge is 0.294 e. The van der Waals surface area contributed by atoms with Gasteiger partial charge in [0.2, 0.25) is 11.6 Å². The molecule has 0 aromatic carbocycles. The Bertz CT molecular complexity index is 248. The van der Waals surface area contributed by atoms with Crippen molar-refractivity contribution in [2.45, 2.75) is 13.3 Å². The number of rotatable bonds is 0. The maximum Gasteiger partial charge on any atom is 0.224 e. The normalized spacial score (nSPS) is 19.3. The summed E-state index contributed by atoms with van der Waals surface area (Å²) in [5, 5.41) is 0. The van der Waals surface area contributed by atoms with Crippen molar-refractivity contribution in [1.82, 2.24) is 0 Å². The second-order valence-electron chi connectivity index (χ2n) is 2.22. The molecule has 0 aromatic rings. The van der Waals surface area contributed by atoms with Crippen LogP contribution in [0.1, 0.15) is 13.3 Å². The number of hydrogen-bond donors (Lipinski definition) is 0. The molecular formula is C7H6O3. The van der Waals surface area contributed by atoms with E-state index in [1.807, 2.05) is 0 Å². The predicted molar refractivity (Wildman–Crippen MR) is 33.4 cm³/mol. The van der Waals surface area contributed by atoms with Crippen molar-refractivity contribution in [1.29, 1.82) is 0 Å². The zero-order chi connectivity index (χ0) is 7.72. The van der Waals surface area contributed by atoms with Gasteiger partial charge in [0.1, 0.15) is 0 Å². The van der Waals surface area contributed by atoms with Crippen molar-refractivity contribution in [3.63, 3.8) is 0 Å². The fraction of sp³-hybridized carbons (Fsp3) is 0.286. The van der Waals surface area contributed by atoms with Gasteiger partial charge < -0.3 is 0 Å². The van der Waals surface area contributed by atoms with Crippen molar-refractivity contribution in [2.24, 2.45) is 0 Å². The summed E-state index contributed by atoms with van der Waals surface area (Å²) >= 11 is 0. The number of carbonyl (C=O) groups is 3. The maximum absolute atomic E-state index is 10.7. The highest BCUT2D eigenvalue weighted by Crippen LogP contribution is 2.06. The molecule has 1 aliphatic carbocycles. The number of allylic oxidation sites excluding steroid dienone is 2. The summed E-state index contributed by atoms with van der Waals surface area (Å²) in [6, 6.07) is 0. The monoisotopic (exact) mass is 138 g/mol. The van der Waals surface area contributed by atoms with E-state index in [2.05, 4.69) is 0 Å². The lowest BCUT2D eigenvalue weighted by atomic mass is 9.97. The van der Waals surface area contributed by atoms with Crippen LogP contribution in [0.15, 0.2) is 11.6 Å².